The highest BCUT2D eigenvalue weighted by Gasteiger charge is 2.41. The van der Waals surface area contributed by atoms with E-state index in [1.807, 2.05) is 26.8 Å². The number of unbranched alkanes of at least 4 members (excludes halogenated alkanes) is 1. The van der Waals surface area contributed by atoms with Crippen LogP contribution >= 0.6 is 15.9 Å². The monoisotopic (exact) mass is 523 g/mol. The summed E-state index contributed by atoms with van der Waals surface area (Å²) in [6, 6.07) is 1.99. The van der Waals surface area contributed by atoms with Crippen molar-refractivity contribution in [3.8, 4) is 11.5 Å². The standard InChI is InChI=1S/C23H33BrF3NO4/c1-22(2,3)32-19-13-28-9-7-14-15(16(28)12-17(19)29)11-18(30-4)21(20(14)24)31-10-6-5-8-23(25,26)27/h11,16-17,19,29H,5-10,12-13H2,1-4H3/t16-,17-,19-/m1/s1. The van der Waals surface area contributed by atoms with Crippen molar-refractivity contribution in [2.45, 2.75) is 82.9 Å². The lowest BCUT2D eigenvalue weighted by molar-refractivity contribution is -0.149. The van der Waals surface area contributed by atoms with Crippen LogP contribution in [0.4, 0.5) is 13.2 Å². The molecule has 0 amide bonds. The maximum Gasteiger partial charge on any atom is 0.389 e. The number of fused-ring (bicyclic) bond motifs is 3. The molecule has 5 nitrogen and oxygen atoms in total. The molecule has 32 heavy (non-hydrogen) atoms. The van der Waals surface area contributed by atoms with Gasteiger partial charge < -0.3 is 19.3 Å². The molecular weight excluding hydrogens is 491 g/mol. The van der Waals surface area contributed by atoms with Gasteiger partial charge in [0.25, 0.3) is 0 Å². The molecule has 0 aliphatic carbocycles. The molecule has 0 saturated carbocycles. The van der Waals surface area contributed by atoms with E-state index < -0.39 is 18.7 Å². The summed E-state index contributed by atoms with van der Waals surface area (Å²) >= 11 is 3.65. The molecule has 182 valence electrons. The van der Waals surface area contributed by atoms with Crippen LogP contribution in [0.15, 0.2) is 10.5 Å². The van der Waals surface area contributed by atoms with Crippen molar-refractivity contribution in [2.75, 3.05) is 26.8 Å². The molecular formula is C23H33BrF3NO4. The van der Waals surface area contributed by atoms with E-state index in [1.54, 1.807) is 7.11 Å². The molecule has 1 fully saturated rings. The van der Waals surface area contributed by atoms with Crippen LogP contribution in [0.25, 0.3) is 0 Å². The van der Waals surface area contributed by atoms with Gasteiger partial charge in [-0.05, 0) is 79.6 Å². The second kappa shape index (κ2) is 10.1. The minimum atomic E-state index is -4.14. The SMILES string of the molecule is COc1cc2c(c(Br)c1OCCCCC(F)(F)F)CCN1C[C@@H](OC(C)(C)C)[C@H](O)C[C@H]21. The third-order valence-electron chi connectivity index (χ3n) is 5.91. The van der Waals surface area contributed by atoms with Gasteiger partial charge in [-0.15, -0.1) is 0 Å². The summed E-state index contributed by atoms with van der Waals surface area (Å²) in [5.41, 5.74) is 1.85. The van der Waals surface area contributed by atoms with Crippen molar-refractivity contribution in [1.29, 1.82) is 0 Å². The number of aliphatic hydroxyl groups is 1. The average molecular weight is 524 g/mol. The Labute approximate surface area is 196 Å². The van der Waals surface area contributed by atoms with Gasteiger partial charge >= 0.3 is 6.18 Å². The Morgan fingerprint density at radius 1 is 1.22 bits per heavy atom. The summed E-state index contributed by atoms with van der Waals surface area (Å²) in [4.78, 5) is 2.34. The first kappa shape index (κ1) is 25.6. The number of hydrogen-bond acceptors (Lipinski definition) is 5. The molecule has 0 radical (unpaired) electrons. The number of rotatable bonds is 7. The fraction of sp³-hybridized carbons (Fsp3) is 0.739. The molecule has 1 aromatic carbocycles. The maximum absolute atomic E-state index is 12.3. The Morgan fingerprint density at radius 2 is 1.94 bits per heavy atom. The molecule has 1 aromatic rings. The van der Waals surface area contributed by atoms with Crippen LogP contribution < -0.4 is 9.47 Å². The van der Waals surface area contributed by atoms with E-state index in [2.05, 4.69) is 20.8 Å². The van der Waals surface area contributed by atoms with Crippen LogP contribution in [-0.4, -0.2) is 60.8 Å². The third kappa shape index (κ3) is 6.30. The van der Waals surface area contributed by atoms with E-state index in [4.69, 9.17) is 14.2 Å². The first-order chi connectivity index (χ1) is 14.9. The van der Waals surface area contributed by atoms with Crippen LogP contribution in [0, 0.1) is 0 Å². The Hall–Kier alpha value is -1.03. The van der Waals surface area contributed by atoms with Crippen molar-refractivity contribution in [2.24, 2.45) is 0 Å². The first-order valence-corrected chi connectivity index (χ1v) is 11.9. The molecule has 2 aliphatic heterocycles. The number of halogens is 4. The third-order valence-corrected chi connectivity index (χ3v) is 6.74. The molecule has 2 heterocycles. The van der Waals surface area contributed by atoms with E-state index in [1.165, 1.54) is 0 Å². The summed E-state index contributed by atoms with van der Waals surface area (Å²) in [7, 11) is 1.55. The number of aliphatic hydroxyl groups excluding tert-OH is 1. The minimum Gasteiger partial charge on any atom is -0.493 e. The molecule has 0 unspecified atom stereocenters. The van der Waals surface area contributed by atoms with Crippen molar-refractivity contribution >= 4 is 15.9 Å². The summed E-state index contributed by atoms with van der Waals surface area (Å²) in [5, 5.41) is 10.8. The largest absolute Gasteiger partial charge is 0.493 e. The van der Waals surface area contributed by atoms with E-state index in [0.717, 1.165) is 28.6 Å². The van der Waals surface area contributed by atoms with Crippen LogP contribution in [0.1, 0.15) is 63.6 Å². The number of methoxy groups -OCH3 is 1. The molecule has 3 atom stereocenters. The maximum atomic E-state index is 12.3. The Bertz CT molecular complexity index is 797. The lowest BCUT2D eigenvalue weighted by Crippen LogP contribution is -2.53. The molecule has 2 aliphatic rings. The predicted octanol–water partition coefficient (Wildman–Crippen LogP) is 5.42. The number of benzene rings is 1. The van der Waals surface area contributed by atoms with Crippen molar-refractivity contribution < 1.29 is 32.5 Å². The molecule has 1 saturated heterocycles. The predicted molar refractivity (Wildman–Crippen MR) is 119 cm³/mol. The Morgan fingerprint density at radius 3 is 2.56 bits per heavy atom. The lowest BCUT2D eigenvalue weighted by atomic mass is 9.84. The second-order valence-electron chi connectivity index (χ2n) is 9.54. The second-order valence-corrected chi connectivity index (χ2v) is 10.3. The normalized spacial score (nSPS) is 24.1. The smallest absolute Gasteiger partial charge is 0.389 e. The Balaban J connectivity index is 1.74. The highest BCUT2D eigenvalue weighted by Crippen LogP contribution is 2.47. The van der Waals surface area contributed by atoms with Crippen LogP contribution in [0.2, 0.25) is 0 Å². The fourth-order valence-electron chi connectivity index (χ4n) is 4.51. The van der Waals surface area contributed by atoms with Gasteiger partial charge in [0.1, 0.15) is 0 Å². The van der Waals surface area contributed by atoms with Gasteiger partial charge in [-0.3, -0.25) is 4.90 Å². The topological polar surface area (TPSA) is 51.2 Å². The van der Waals surface area contributed by atoms with E-state index in [9.17, 15) is 18.3 Å². The molecule has 0 aromatic heterocycles. The number of nitrogens with zero attached hydrogens (tertiary/aromatic N) is 1. The number of ether oxygens (including phenoxy) is 3. The van der Waals surface area contributed by atoms with E-state index >= 15 is 0 Å². The van der Waals surface area contributed by atoms with Crippen LogP contribution in [0.5, 0.6) is 11.5 Å². The lowest BCUT2D eigenvalue weighted by Gasteiger charge is -2.47. The van der Waals surface area contributed by atoms with Gasteiger partial charge in [-0.2, -0.15) is 13.2 Å². The number of alkyl halides is 3. The average Bonchev–Trinajstić information content (AvgIpc) is 2.67. The molecule has 1 N–H and O–H groups in total. The summed E-state index contributed by atoms with van der Waals surface area (Å²) in [6.45, 7) is 7.63. The van der Waals surface area contributed by atoms with E-state index in [-0.39, 0.29) is 30.8 Å². The molecule has 3 rings (SSSR count). The minimum absolute atomic E-state index is 0.0289. The quantitative estimate of drug-likeness (QED) is 0.483. The van der Waals surface area contributed by atoms with Gasteiger partial charge in [0, 0.05) is 25.6 Å². The first-order valence-electron chi connectivity index (χ1n) is 11.1. The summed E-state index contributed by atoms with van der Waals surface area (Å²) in [6.07, 6.45) is -4.07. The zero-order valence-corrected chi connectivity index (χ0v) is 20.7. The van der Waals surface area contributed by atoms with Gasteiger partial charge in [0.2, 0.25) is 0 Å². The molecule has 0 bridgehead atoms. The number of hydrogen-bond donors (Lipinski definition) is 1. The van der Waals surface area contributed by atoms with Gasteiger partial charge in [0.15, 0.2) is 11.5 Å². The van der Waals surface area contributed by atoms with Crippen LogP contribution in [-0.2, 0) is 11.2 Å². The summed E-state index contributed by atoms with van der Waals surface area (Å²) < 4.78 is 55.3. The highest BCUT2D eigenvalue weighted by atomic mass is 79.9. The van der Waals surface area contributed by atoms with Gasteiger partial charge in [0.05, 0.1) is 36.0 Å². The van der Waals surface area contributed by atoms with Crippen molar-refractivity contribution in [3.63, 3.8) is 0 Å². The molecule has 0 spiro atoms. The van der Waals surface area contributed by atoms with Crippen molar-refractivity contribution in [3.05, 3.63) is 21.7 Å². The summed E-state index contributed by atoms with van der Waals surface area (Å²) in [5.74, 6) is 1.06. The van der Waals surface area contributed by atoms with Gasteiger partial charge in [-0.25, -0.2) is 0 Å². The highest BCUT2D eigenvalue weighted by molar-refractivity contribution is 9.10. The van der Waals surface area contributed by atoms with E-state index in [0.29, 0.717) is 30.9 Å². The van der Waals surface area contributed by atoms with Gasteiger partial charge in [-0.1, -0.05) is 0 Å². The fourth-order valence-corrected chi connectivity index (χ4v) is 5.25. The zero-order valence-electron chi connectivity index (χ0n) is 19.1. The Kier molecular flexibility index (Phi) is 8.06. The number of piperidine rings is 1. The molecule has 9 heteroatoms. The zero-order chi connectivity index (χ0) is 23.7. The van der Waals surface area contributed by atoms with Crippen LogP contribution in [0.3, 0.4) is 0 Å². The van der Waals surface area contributed by atoms with Crippen molar-refractivity contribution in [1.82, 2.24) is 4.90 Å².